The minimum Gasteiger partial charge on any atom is -0.395 e. The van der Waals surface area contributed by atoms with E-state index in [0.29, 0.717) is 31.3 Å². The first-order valence-electron chi connectivity index (χ1n) is 7.37. The van der Waals surface area contributed by atoms with Gasteiger partial charge in [-0.1, -0.05) is 13.8 Å². The van der Waals surface area contributed by atoms with Crippen molar-refractivity contribution >= 4 is 5.91 Å². The Kier molecular flexibility index (Phi) is 7.34. The lowest BCUT2D eigenvalue weighted by atomic mass is 9.93. The van der Waals surface area contributed by atoms with Crippen LogP contribution in [-0.2, 0) is 4.79 Å². The summed E-state index contributed by atoms with van der Waals surface area (Å²) in [6, 6.07) is 0. The van der Waals surface area contributed by atoms with Gasteiger partial charge >= 0.3 is 0 Å². The molecule has 1 heterocycles. The second-order valence-corrected chi connectivity index (χ2v) is 5.88. The third-order valence-electron chi connectivity index (χ3n) is 3.74. The van der Waals surface area contributed by atoms with E-state index in [1.165, 1.54) is 0 Å². The van der Waals surface area contributed by atoms with Crippen molar-refractivity contribution in [1.29, 1.82) is 0 Å². The maximum absolute atomic E-state index is 12.2. The number of β-amino-alcohol motifs (C(OH)–C–C–N with tert-alkyl or cyclic N) is 1. The highest BCUT2D eigenvalue weighted by molar-refractivity contribution is 5.76. The summed E-state index contributed by atoms with van der Waals surface area (Å²) in [5.74, 6) is 1.13. The van der Waals surface area contributed by atoms with Crippen molar-refractivity contribution in [3.8, 4) is 0 Å². The van der Waals surface area contributed by atoms with E-state index in [-0.39, 0.29) is 12.5 Å². The smallest absolute Gasteiger partial charge is 0.222 e. The summed E-state index contributed by atoms with van der Waals surface area (Å²) in [4.78, 5) is 16.4. The molecule has 1 aliphatic heterocycles. The van der Waals surface area contributed by atoms with Gasteiger partial charge in [-0.3, -0.25) is 9.69 Å². The summed E-state index contributed by atoms with van der Waals surface area (Å²) in [5.41, 5.74) is 5.75. The van der Waals surface area contributed by atoms with E-state index in [9.17, 15) is 4.79 Å². The number of hydrogen-bond donors (Lipinski definition) is 2. The van der Waals surface area contributed by atoms with Crippen molar-refractivity contribution in [1.82, 2.24) is 9.80 Å². The highest BCUT2D eigenvalue weighted by Crippen LogP contribution is 2.16. The van der Waals surface area contributed by atoms with Crippen LogP contribution in [0.3, 0.4) is 0 Å². The van der Waals surface area contributed by atoms with E-state index in [4.69, 9.17) is 10.8 Å². The van der Waals surface area contributed by atoms with Gasteiger partial charge in [0.05, 0.1) is 6.61 Å². The summed E-state index contributed by atoms with van der Waals surface area (Å²) in [7, 11) is 0. The molecule has 0 aliphatic carbocycles. The molecule has 0 aromatic heterocycles. The predicted octanol–water partition coefficient (Wildman–Crippen LogP) is 0.134. The van der Waals surface area contributed by atoms with Crippen molar-refractivity contribution in [2.24, 2.45) is 17.6 Å². The first kappa shape index (κ1) is 16.4. The molecule has 1 amide bonds. The van der Waals surface area contributed by atoms with Gasteiger partial charge in [0.2, 0.25) is 5.91 Å². The van der Waals surface area contributed by atoms with Gasteiger partial charge in [-0.15, -0.1) is 0 Å². The van der Waals surface area contributed by atoms with Gasteiger partial charge in [0.15, 0.2) is 0 Å². The maximum atomic E-state index is 12.2. The quantitative estimate of drug-likeness (QED) is 0.691. The minimum absolute atomic E-state index is 0.192. The number of nitrogens with zero attached hydrogens (tertiary/aromatic N) is 2. The number of piperazine rings is 1. The molecule has 19 heavy (non-hydrogen) atoms. The average Bonchev–Trinajstić information content (AvgIpc) is 2.38. The summed E-state index contributed by atoms with van der Waals surface area (Å²) in [5, 5.41) is 8.89. The van der Waals surface area contributed by atoms with Crippen LogP contribution in [0.15, 0.2) is 0 Å². The molecule has 3 N–H and O–H groups in total. The Morgan fingerprint density at radius 3 is 2.37 bits per heavy atom. The molecule has 1 aliphatic rings. The molecule has 1 unspecified atom stereocenters. The number of carbonyl (C=O) groups is 1. The number of aliphatic hydroxyl groups is 1. The number of aliphatic hydroxyl groups excluding tert-OH is 1. The highest BCUT2D eigenvalue weighted by Gasteiger charge is 2.23. The van der Waals surface area contributed by atoms with Gasteiger partial charge in [-0.25, -0.2) is 0 Å². The van der Waals surface area contributed by atoms with E-state index in [1.54, 1.807) is 0 Å². The molecule has 1 atom stereocenters. The van der Waals surface area contributed by atoms with E-state index in [0.717, 1.165) is 32.6 Å². The molecular weight excluding hydrogens is 242 g/mol. The van der Waals surface area contributed by atoms with E-state index >= 15 is 0 Å². The zero-order valence-corrected chi connectivity index (χ0v) is 12.3. The fourth-order valence-corrected chi connectivity index (χ4v) is 2.67. The van der Waals surface area contributed by atoms with Gasteiger partial charge in [-0.2, -0.15) is 0 Å². The number of nitrogens with two attached hydrogens (primary N) is 1. The topological polar surface area (TPSA) is 69.8 Å². The number of hydrogen-bond acceptors (Lipinski definition) is 4. The van der Waals surface area contributed by atoms with Crippen LogP contribution in [-0.4, -0.2) is 66.7 Å². The van der Waals surface area contributed by atoms with Crippen LogP contribution >= 0.6 is 0 Å². The van der Waals surface area contributed by atoms with Crippen molar-refractivity contribution in [2.45, 2.75) is 26.7 Å². The molecule has 0 spiro atoms. The van der Waals surface area contributed by atoms with Crippen molar-refractivity contribution in [3.63, 3.8) is 0 Å². The fourth-order valence-electron chi connectivity index (χ4n) is 2.67. The molecule has 5 nitrogen and oxygen atoms in total. The molecular formula is C14H29N3O2. The first-order valence-corrected chi connectivity index (χ1v) is 7.37. The van der Waals surface area contributed by atoms with Crippen LogP contribution in [0, 0.1) is 11.8 Å². The zero-order valence-electron chi connectivity index (χ0n) is 12.3. The standard InChI is InChI=1S/C14H29N3O2/c1-12(2)9-13(11-15)10-14(19)17-5-3-16(4-6-17)7-8-18/h12-13,18H,3-11,15H2,1-2H3. The van der Waals surface area contributed by atoms with Crippen molar-refractivity contribution < 1.29 is 9.90 Å². The Balaban J connectivity index is 2.33. The zero-order chi connectivity index (χ0) is 14.3. The molecule has 1 rings (SSSR count). The molecule has 0 saturated carbocycles. The minimum atomic E-state index is 0.192. The average molecular weight is 271 g/mol. The van der Waals surface area contributed by atoms with Gasteiger partial charge < -0.3 is 15.7 Å². The van der Waals surface area contributed by atoms with Gasteiger partial charge in [-0.05, 0) is 24.8 Å². The van der Waals surface area contributed by atoms with E-state index in [2.05, 4.69) is 18.7 Å². The second-order valence-electron chi connectivity index (χ2n) is 5.88. The van der Waals surface area contributed by atoms with Gasteiger partial charge in [0.25, 0.3) is 0 Å². The SMILES string of the molecule is CC(C)CC(CN)CC(=O)N1CCN(CCO)CC1. The molecule has 1 fully saturated rings. The molecule has 0 bridgehead atoms. The van der Waals surface area contributed by atoms with E-state index < -0.39 is 0 Å². The summed E-state index contributed by atoms with van der Waals surface area (Å²) in [6.45, 7) is 9.11. The van der Waals surface area contributed by atoms with Crippen LogP contribution in [0.4, 0.5) is 0 Å². The van der Waals surface area contributed by atoms with Gasteiger partial charge in [0, 0.05) is 39.1 Å². The fraction of sp³-hybridized carbons (Fsp3) is 0.929. The molecule has 112 valence electrons. The monoisotopic (exact) mass is 271 g/mol. The summed E-state index contributed by atoms with van der Waals surface area (Å²) >= 11 is 0. The number of rotatable bonds is 7. The lowest BCUT2D eigenvalue weighted by Gasteiger charge is -2.35. The Morgan fingerprint density at radius 2 is 1.89 bits per heavy atom. The number of amides is 1. The third-order valence-corrected chi connectivity index (χ3v) is 3.74. The van der Waals surface area contributed by atoms with Crippen molar-refractivity contribution in [3.05, 3.63) is 0 Å². The van der Waals surface area contributed by atoms with Crippen LogP contribution in [0.2, 0.25) is 0 Å². The predicted molar refractivity (Wildman–Crippen MR) is 76.7 cm³/mol. The Morgan fingerprint density at radius 1 is 1.26 bits per heavy atom. The molecule has 1 saturated heterocycles. The molecule has 0 radical (unpaired) electrons. The molecule has 0 aromatic rings. The third kappa shape index (κ3) is 5.89. The summed E-state index contributed by atoms with van der Waals surface area (Å²) < 4.78 is 0. The molecule has 5 heteroatoms. The van der Waals surface area contributed by atoms with E-state index in [1.807, 2.05) is 4.90 Å². The van der Waals surface area contributed by atoms with Crippen LogP contribution in [0.5, 0.6) is 0 Å². The first-order chi connectivity index (χ1) is 9.06. The highest BCUT2D eigenvalue weighted by atomic mass is 16.3. The lowest BCUT2D eigenvalue weighted by Crippen LogP contribution is -2.49. The number of carbonyl (C=O) groups excluding carboxylic acids is 1. The Bertz CT molecular complexity index is 263. The van der Waals surface area contributed by atoms with Gasteiger partial charge in [0.1, 0.15) is 0 Å². The second kappa shape index (κ2) is 8.51. The maximum Gasteiger partial charge on any atom is 0.222 e. The summed E-state index contributed by atoms with van der Waals surface area (Å²) in [6.07, 6.45) is 1.60. The lowest BCUT2D eigenvalue weighted by molar-refractivity contribution is -0.134. The Hall–Kier alpha value is -0.650. The van der Waals surface area contributed by atoms with Crippen LogP contribution in [0.25, 0.3) is 0 Å². The van der Waals surface area contributed by atoms with Crippen molar-refractivity contribution in [2.75, 3.05) is 45.9 Å². The Labute approximate surface area is 116 Å². The molecule has 0 aromatic carbocycles. The van der Waals surface area contributed by atoms with Crippen LogP contribution < -0.4 is 5.73 Å². The normalized spacial score (nSPS) is 18.9. The van der Waals surface area contributed by atoms with Crippen LogP contribution in [0.1, 0.15) is 26.7 Å². The largest absolute Gasteiger partial charge is 0.395 e.